The van der Waals surface area contributed by atoms with Gasteiger partial charge >= 0.3 is 0 Å². The van der Waals surface area contributed by atoms with Crippen LogP contribution in [0.5, 0.6) is 0 Å². The van der Waals surface area contributed by atoms with Crippen LogP contribution in [0.1, 0.15) is 11.1 Å². The molecule has 0 fully saturated rings. The Morgan fingerprint density at radius 3 is 3.00 bits per heavy atom. The van der Waals surface area contributed by atoms with Crippen molar-refractivity contribution in [3.05, 3.63) is 54.4 Å². The van der Waals surface area contributed by atoms with Crippen LogP contribution in [0.2, 0.25) is 0 Å². The van der Waals surface area contributed by atoms with E-state index in [0.717, 1.165) is 16.8 Å². The van der Waals surface area contributed by atoms with Crippen molar-refractivity contribution in [1.82, 2.24) is 9.78 Å². The number of nitrogens with zero attached hydrogens (tertiary/aromatic N) is 2. The first-order chi connectivity index (χ1) is 8.31. The van der Waals surface area contributed by atoms with Gasteiger partial charge < -0.3 is 10.4 Å². The maximum atomic E-state index is 9.03. The molecule has 88 valence electrons. The van der Waals surface area contributed by atoms with Crippen LogP contribution in [0, 0.1) is 0 Å². The van der Waals surface area contributed by atoms with Crippen LogP contribution >= 0.6 is 0 Å². The fraction of sp³-hybridized carbons (Fsp3) is 0.154. The summed E-state index contributed by atoms with van der Waals surface area (Å²) in [6.07, 6.45) is 5.36. The van der Waals surface area contributed by atoms with Gasteiger partial charge in [-0.1, -0.05) is 18.7 Å². The molecule has 2 aromatic rings. The summed E-state index contributed by atoms with van der Waals surface area (Å²) in [5, 5.41) is 16.4. The Kier molecular flexibility index (Phi) is 3.57. The van der Waals surface area contributed by atoms with E-state index in [1.807, 2.05) is 30.5 Å². The second-order valence-electron chi connectivity index (χ2n) is 3.72. The zero-order valence-electron chi connectivity index (χ0n) is 9.50. The minimum Gasteiger partial charge on any atom is -0.392 e. The number of aliphatic hydroxyl groups excluding tert-OH is 1. The first-order valence-electron chi connectivity index (χ1n) is 5.41. The molecule has 2 N–H and O–H groups in total. The molecule has 0 spiro atoms. The summed E-state index contributed by atoms with van der Waals surface area (Å²) in [5.41, 5.74) is 2.97. The number of benzene rings is 1. The lowest BCUT2D eigenvalue weighted by Crippen LogP contribution is -1.98. The standard InChI is InChI=1S/C13H15N3O/c1-2-16-9-12(8-15-16)7-14-13-5-3-4-11(6-13)10-17/h2-6,8-9,14,17H,1,7,10H2. The average molecular weight is 229 g/mol. The normalized spacial score (nSPS) is 10.2. The molecule has 0 saturated heterocycles. The van der Waals surface area contributed by atoms with Gasteiger partial charge in [-0.25, -0.2) is 4.68 Å². The maximum absolute atomic E-state index is 9.03. The van der Waals surface area contributed by atoms with E-state index >= 15 is 0 Å². The molecular formula is C13H15N3O. The Morgan fingerprint density at radius 1 is 1.41 bits per heavy atom. The van der Waals surface area contributed by atoms with Crippen molar-refractivity contribution in [1.29, 1.82) is 0 Å². The zero-order valence-corrected chi connectivity index (χ0v) is 9.50. The lowest BCUT2D eigenvalue weighted by molar-refractivity contribution is 0.282. The maximum Gasteiger partial charge on any atom is 0.0682 e. The van der Waals surface area contributed by atoms with Crippen molar-refractivity contribution in [3.8, 4) is 0 Å². The highest BCUT2D eigenvalue weighted by molar-refractivity contribution is 5.46. The summed E-state index contributed by atoms with van der Waals surface area (Å²) < 4.78 is 1.67. The molecule has 1 heterocycles. The predicted octanol–water partition coefficient (Wildman–Crippen LogP) is 2.09. The van der Waals surface area contributed by atoms with E-state index in [1.54, 1.807) is 17.1 Å². The molecule has 0 bridgehead atoms. The molecule has 0 saturated carbocycles. The lowest BCUT2D eigenvalue weighted by Gasteiger charge is -2.05. The van der Waals surface area contributed by atoms with E-state index in [4.69, 9.17) is 5.11 Å². The van der Waals surface area contributed by atoms with Crippen LogP contribution in [0.15, 0.2) is 43.2 Å². The van der Waals surface area contributed by atoms with Gasteiger partial charge in [-0.2, -0.15) is 5.10 Å². The monoisotopic (exact) mass is 229 g/mol. The Balaban J connectivity index is 1.99. The molecule has 0 atom stereocenters. The molecule has 4 heteroatoms. The van der Waals surface area contributed by atoms with Crippen LogP contribution in [-0.2, 0) is 13.2 Å². The van der Waals surface area contributed by atoms with E-state index in [1.165, 1.54) is 0 Å². The smallest absolute Gasteiger partial charge is 0.0682 e. The molecule has 0 aliphatic rings. The zero-order chi connectivity index (χ0) is 12.1. The van der Waals surface area contributed by atoms with Crippen LogP contribution in [0.25, 0.3) is 6.20 Å². The van der Waals surface area contributed by atoms with Gasteiger partial charge in [0.1, 0.15) is 0 Å². The Bertz CT molecular complexity index is 505. The van der Waals surface area contributed by atoms with E-state index in [0.29, 0.717) is 6.54 Å². The molecule has 1 aromatic heterocycles. The number of nitrogens with one attached hydrogen (secondary N) is 1. The van der Waals surface area contributed by atoms with Gasteiger partial charge in [0.05, 0.1) is 12.8 Å². The van der Waals surface area contributed by atoms with Gasteiger partial charge in [0.25, 0.3) is 0 Å². The van der Waals surface area contributed by atoms with Crippen molar-refractivity contribution in [3.63, 3.8) is 0 Å². The summed E-state index contributed by atoms with van der Waals surface area (Å²) in [5.74, 6) is 0. The molecule has 1 aromatic carbocycles. The highest BCUT2D eigenvalue weighted by Crippen LogP contribution is 2.12. The van der Waals surface area contributed by atoms with Gasteiger partial charge in [0, 0.05) is 30.2 Å². The Labute approximate surface area is 100 Å². The van der Waals surface area contributed by atoms with E-state index in [-0.39, 0.29) is 6.61 Å². The number of rotatable bonds is 5. The van der Waals surface area contributed by atoms with Gasteiger partial charge in [0.15, 0.2) is 0 Å². The van der Waals surface area contributed by atoms with Gasteiger partial charge in [-0.3, -0.25) is 0 Å². The average Bonchev–Trinajstić information content (AvgIpc) is 2.84. The summed E-state index contributed by atoms with van der Waals surface area (Å²) in [6, 6.07) is 7.71. The SMILES string of the molecule is C=Cn1cc(CNc2cccc(CO)c2)cn1. The van der Waals surface area contributed by atoms with E-state index in [2.05, 4.69) is 17.0 Å². The van der Waals surface area contributed by atoms with Gasteiger partial charge in [-0.05, 0) is 17.7 Å². The lowest BCUT2D eigenvalue weighted by atomic mass is 10.2. The summed E-state index contributed by atoms with van der Waals surface area (Å²) in [6.45, 7) is 4.39. The number of hydrogen-bond acceptors (Lipinski definition) is 3. The molecule has 0 unspecified atom stereocenters. The van der Waals surface area contributed by atoms with Crippen LogP contribution < -0.4 is 5.32 Å². The molecule has 0 radical (unpaired) electrons. The van der Waals surface area contributed by atoms with Gasteiger partial charge in [-0.15, -0.1) is 0 Å². The van der Waals surface area contributed by atoms with Crippen molar-refractivity contribution < 1.29 is 5.11 Å². The predicted molar refractivity (Wildman–Crippen MR) is 68.3 cm³/mol. The summed E-state index contributed by atoms with van der Waals surface area (Å²) >= 11 is 0. The van der Waals surface area contributed by atoms with Crippen LogP contribution in [0.3, 0.4) is 0 Å². The highest BCUT2D eigenvalue weighted by atomic mass is 16.3. The molecule has 0 aliphatic heterocycles. The van der Waals surface area contributed by atoms with Crippen LogP contribution in [0.4, 0.5) is 5.69 Å². The molecule has 4 nitrogen and oxygen atoms in total. The summed E-state index contributed by atoms with van der Waals surface area (Å²) in [4.78, 5) is 0. The van der Waals surface area contributed by atoms with Crippen molar-refractivity contribution >= 4 is 11.9 Å². The first-order valence-corrected chi connectivity index (χ1v) is 5.41. The fourth-order valence-corrected chi connectivity index (χ4v) is 1.55. The quantitative estimate of drug-likeness (QED) is 0.825. The third-order valence-electron chi connectivity index (χ3n) is 2.45. The Morgan fingerprint density at radius 2 is 2.29 bits per heavy atom. The van der Waals surface area contributed by atoms with Gasteiger partial charge in [0.2, 0.25) is 0 Å². The highest BCUT2D eigenvalue weighted by Gasteiger charge is 1.98. The van der Waals surface area contributed by atoms with Crippen molar-refractivity contribution in [2.75, 3.05) is 5.32 Å². The topological polar surface area (TPSA) is 50.1 Å². The largest absolute Gasteiger partial charge is 0.392 e. The number of hydrogen-bond donors (Lipinski definition) is 2. The fourth-order valence-electron chi connectivity index (χ4n) is 1.55. The number of aliphatic hydroxyl groups is 1. The molecule has 0 amide bonds. The molecule has 17 heavy (non-hydrogen) atoms. The minimum absolute atomic E-state index is 0.0594. The third kappa shape index (κ3) is 2.95. The van der Waals surface area contributed by atoms with Crippen LogP contribution in [-0.4, -0.2) is 14.9 Å². The molecular weight excluding hydrogens is 214 g/mol. The van der Waals surface area contributed by atoms with Crippen molar-refractivity contribution in [2.45, 2.75) is 13.2 Å². The molecule has 0 aliphatic carbocycles. The molecule has 2 rings (SSSR count). The van der Waals surface area contributed by atoms with E-state index in [9.17, 15) is 0 Å². The second-order valence-corrected chi connectivity index (χ2v) is 3.72. The minimum atomic E-state index is 0.0594. The Hall–Kier alpha value is -2.07. The second kappa shape index (κ2) is 5.32. The number of anilines is 1. The third-order valence-corrected chi connectivity index (χ3v) is 2.45. The first kappa shape index (κ1) is 11.4. The summed E-state index contributed by atoms with van der Waals surface area (Å²) in [7, 11) is 0. The van der Waals surface area contributed by atoms with Crippen molar-refractivity contribution in [2.24, 2.45) is 0 Å². The van der Waals surface area contributed by atoms with E-state index < -0.39 is 0 Å². The number of aromatic nitrogens is 2.